The van der Waals surface area contributed by atoms with Crippen molar-refractivity contribution in [3.63, 3.8) is 0 Å². The van der Waals surface area contributed by atoms with E-state index in [0.717, 1.165) is 83.6 Å². The molecule has 5 saturated heterocycles. The lowest BCUT2D eigenvalue weighted by Crippen LogP contribution is -2.58. The van der Waals surface area contributed by atoms with Crippen LogP contribution in [0.2, 0.25) is 0 Å². The zero-order valence-electron chi connectivity index (χ0n) is 27.6. The third-order valence-corrected chi connectivity index (χ3v) is 9.56. The molecular formula is C34H65N5O2. The number of ketones is 2. The molecule has 0 aromatic heterocycles. The summed E-state index contributed by atoms with van der Waals surface area (Å²) < 4.78 is 0. The van der Waals surface area contributed by atoms with Gasteiger partial charge in [0.05, 0.1) is 0 Å². The number of carbonyl (C=O) groups is 2. The number of hydrogen-bond acceptors (Lipinski definition) is 7. The fourth-order valence-corrected chi connectivity index (χ4v) is 8.04. The van der Waals surface area contributed by atoms with Gasteiger partial charge >= 0.3 is 0 Å². The Labute approximate surface area is 253 Å². The van der Waals surface area contributed by atoms with Gasteiger partial charge in [-0.05, 0) is 83.1 Å². The molecule has 5 aliphatic heterocycles. The molecule has 7 heteroatoms. The zero-order chi connectivity index (χ0) is 29.6. The van der Waals surface area contributed by atoms with Gasteiger partial charge < -0.3 is 24.5 Å². The SMILES string of the molecule is CCCN1CC2CC(C1)CN(CCC)C2.CCCN1CC2CN(CCC)CC(C1)C2=O.CCCN1CCC(=O)CC1. The molecule has 5 heterocycles. The molecule has 41 heavy (non-hydrogen) atoms. The minimum absolute atomic E-state index is 0.297. The van der Waals surface area contributed by atoms with Gasteiger partial charge in [0.2, 0.25) is 0 Å². The number of fused-ring (bicyclic) bond motifs is 4. The standard InChI is InChI=1S/C13H24N2O.C13H26N2.C8H15NO/c1-3-5-14-7-11-9-15(6-4-2)10-12(8-14)13(11)16;1-3-5-14-8-12-7-13(9-14)11-15(10-12)6-4-2;1-2-5-9-6-3-8(10)4-7-9/h11-12H,3-10H2,1-2H3;12-13H,3-11H2,1-2H3;2-7H2,1H3. The van der Waals surface area contributed by atoms with Crippen molar-refractivity contribution >= 4 is 11.6 Å². The maximum absolute atomic E-state index is 12.1. The van der Waals surface area contributed by atoms with Crippen molar-refractivity contribution in [3.8, 4) is 0 Å². The Hall–Kier alpha value is -0.860. The Bertz CT molecular complexity index is 685. The van der Waals surface area contributed by atoms with Crippen LogP contribution >= 0.6 is 0 Å². The third-order valence-electron chi connectivity index (χ3n) is 9.56. The summed E-state index contributed by atoms with van der Waals surface area (Å²) in [5, 5.41) is 0. The summed E-state index contributed by atoms with van der Waals surface area (Å²) in [7, 11) is 0. The van der Waals surface area contributed by atoms with Crippen LogP contribution in [0.15, 0.2) is 0 Å². The van der Waals surface area contributed by atoms with Crippen LogP contribution in [0, 0.1) is 23.7 Å². The van der Waals surface area contributed by atoms with Gasteiger partial charge in [-0.15, -0.1) is 0 Å². The Morgan fingerprint density at radius 1 is 0.488 bits per heavy atom. The van der Waals surface area contributed by atoms with Crippen LogP contribution in [-0.4, -0.2) is 134 Å². The molecule has 0 saturated carbocycles. The summed E-state index contributed by atoms with van der Waals surface area (Å²) in [4.78, 5) is 35.6. The van der Waals surface area contributed by atoms with E-state index in [1.807, 2.05) is 0 Å². The molecule has 7 nitrogen and oxygen atoms in total. The van der Waals surface area contributed by atoms with E-state index in [1.165, 1.54) is 77.8 Å². The number of likely N-dealkylation sites (tertiary alicyclic amines) is 5. The van der Waals surface area contributed by atoms with E-state index < -0.39 is 0 Å². The molecule has 0 radical (unpaired) electrons. The fourth-order valence-electron chi connectivity index (χ4n) is 8.04. The first-order valence-corrected chi connectivity index (χ1v) is 17.6. The first-order valence-electron chi connectivity index (χ1n) is 17.6. The number of piperidine rings is 5. The van der Waals surface area contributed by atoms with E-state index in [9.17, 15) is 9.59 Å². The van der Waals surface area contributed by atoms with Crippen molar-refractivity contribution in [2.45, 2.75) is 86.0 Å². The minimum atomic E-state index is 0.297. The fraction of sp³-hybridized carbons (Fsp3) is 0.941. The maximum atomic E-state index is 12.1. The van der Waals surface area contributed by atoms with Gasteiger partial charge in [-0.25, -0.2) is 0 Å². The van der Waals surface area contributed by atoms with E-state index in [-0.39, 0.29) is 0 Å². The summed E-state index contributed by atoms with van der Waals surface area (Å²) >= 11 is 0. The van der Waals surface area contributed by atoms with Crippen LogP contribution in [0.3, 0.4) is 0 Å². The molecular weight excluding hydrogens is 510 g/mol. The Kier molecular flexibility index (Phi) is 15.8. The molecule has 5 fully saturated rings. The molecule has 4 bridgehead atoms. The first-order chi connectivity index (χ1) is 19.9. The number of hydrogen-bond donors (Lipinski definition) is 0. The molecule has 5 rings (SSSR count). The van der Waals surface area contributed by atoms with Gasteiger partial charge in [0.15, 0.2) is 0 Å². The average molecular weight is 576 g/mol. The summed E-state index contributed by atoms with van der Waals surface area (Å²) in [6.07, 6.45) is 9.30. The number of rotatable bonds is 10. The van der Waals surface area contributed by atoms with Crippen LogP contribution < -0.4 is 0 Å². The van der Waals surface area contributed by atoms with E-state index in [0.29, 0.717) is 23.4 Å². The molecule has 0 aliphatic carbocycles. The predicted octanol–water partition coefficient (Wildman–Crippen LogP) is 4.36. The second kappa shape index (κ2) is 18.7. The maximum Gasteiger partial charge on any atom is 0.144 e. The molecule has 0 spiro atoms. The monoisotopic (exact) mass is 576 g/mol. The van der Waals surface area contributed by atoms with E-state index >= 15 is 0 Å². The Morgan fingerprint density at radius 2 is 0.805 bits per heavy atom. The molecule has 5 aliphatic rings. The van der Waals surface area contributed by atoms with E-state index in [1.54, 1.807) is 0 Å². The van der Waals surface area contributed by atoms with E-state index in [4.69, 9.17) is 0 Å². The lowest BCUT2D eigenvalue weighted by Gasteiger charge is -2.45. The second-order valence-corrected chi connectivity index (χ2v) is 13.7. The van der Waals surface area contributed by atoms with Crippen LogP contribution in [0.1, 0.15) is 86.0 Å². The van der Waals surface area contributed by atoms with Crippen molar-refractivity contribution < 1.29 is 9.59 Å². The summed E-state index contributed by atoms with van der Waals surface area (Å²) in [6.45, 7) is 28.8. The second-order valence-electron chi connectivity index (χ2n) is 13.7. The summed E-state index contributed by atoms with van der Waals surface area (Å²) in [6, 6.07) is 0. The van der Waals surface area contributed by atoms with Gasteiger partial charge in [0.1, 0.15) is 11.6 Å². The Morgan fingerprint density at radius 3 is 1.15 bits per heavy atom. The molecule has 0 unspecified atom stereocenters. The molecule has 0 atom stereocenters. The zero-order valence-corrected chi connectivity index (χ0v) is 27.6. The largest absolute Gasteiger partial charge is 0.303 e. The van der Waals surface area contributed by atoms with Gasteiger partial charge in [-0.2, -0.15) is 0 Å². The smallest absolute Gasteiger partial charge is 0.144 e. The highest BCUT2D eigenvalue weighted by Crippen LogP contribution is 2.28. The average Bonchev–Trinajstić information content (AvgIpc) is 2.92. The highest BCUT2D eigenvalue weighted by molar-refractivity contribution is 5.85. The summed E-state index contributed by atoms with van der Waals surface area (Å²) in [5.41, 5.74) is 0. The minimum Gasteiger partial charge on any atom is -0.303 e. The van der Waals surface area contributed by atoms with Crippen molar-refractivity contribution in [3.05, 3.63) is 0 Å². The summed E-state index contributed by atoms with van der Waals surface area (Å²) in [5.74, 6) is 3.51. The van der Waals surface area contributed by atoms with Crippen LogP contribution in [0.25, 0.3) is 0 Å². The van der Waals surface area contributed by atoms with Crippen LogP contribution in [0.4, 0.5) is 0 Å². The van der Waals surface area contributed by atoms with Gasteiger partial charge in [0, 0.05) is 90.1 Å². The molecule has 0 amide bonds. The molecule has 0 aromatic carbocycles. The van der Waals surface area contributed by atoms with Gasteiger partial charge in [-0.1, -0.05) is 34.6 Å². The highest BCUT2D eigenvalue weighted by Gasteiger charge is 2.40. The topological polar surface area (TPSA) is 50.3 Å². The molecule has 0 N–H and O–H groups in total. The number of carbonyl (C=O) groups excluding carboxylic acids is 2. The highest BCUT2D eigenvalue weighted by atomic mass is 16.1. The van der Waals surface area contributed by atoms with Gasteiger partial charge in [0.25, 0.3) is 0 Å². The number of nitrogens with zero attached hydrogens (tertiary/aromatic N) is 5. The molecule has 0 aromatic rings. The van der Waals surface area contributed by atoms with E-state index in [2.05, 4.69) is 59.1 Å². The first kappa shape index (κ1) is 34.6. The Balaban J connectivity index is 0.000000174. The van der Waals surface area contributed by atoms with Crippen LogP contribution in [-0.2, 0) is 9.59 Å². The normalized spacial score (nSPS) is 29.9. The van der Waals surface area contributed by atoms with Crippen molar-refractivity contribution in [1.29, 1.82) is 0 Å². The molecule has 238 valence electrons. The lowest BCUT2D eigenvalue weighted by molar-refractivity contribution is -0.137. The predicted molar refractivity (Wildman–Crippen MR) is 171 cm³/mol. The quantitative estimate of drug-likeness (QED) is 0.384. The van der Waals surface area contributed by atoms with Crippen molar-refractivity contribution in [2.24, 2.45) is 23.7 Å². The van der Waals surface area contributed by atoms with Gasteiger partial charge in [-0.3, -0.25) is 9.59 Å². The lowest BCUT2D eigenvalue weighted by atomic mass is 9.83. The van der Waals surface area contributed by atoms with Crippen LogP contribution in [0.5, 0.6) is 0 Å². The third kappa shape index (κ3) is 11.6. The van der Waals surface area contributed by atoms with Crippen molar-refractivity contribution in [1.82, 2.24) is 24.5 Å². The van der Waals surface area contributed by atoms with Crippen molar-refractivity contribution in [2.75, 3.05) is 98.2 Å². The number of Topliss-reactive ketones (excluding diaryl/α,β-unsaturated/α-hetero) is 2.